The predicted octanol–water partition coefficient (Wildman–Crippen LogP) is 2.85. The van der Waals surface area contributed by atoms with Crippen LogP contribution >= 0.6 is 27.3 Å². The molecule has 0 fully saturated rings. The van der Waals surface area contributed by atoms with Gasteiger partial charge in [0, 0.05) is 15.0 Å². The summed E-state index contributed by atoms with van der Waals surface area (Å²) < 4.78 is 0.519. The summed E-state index contributed by atoms with van der Waals surface area (Å²) in [6, 6.07) is 7.56. The fourth-order valence-electron chi connectivity index (χ4n) is 1.76. The molecular formula is C13H11BrN2O3S. The molecule has 1 unspecified atom stereocenters. The highest BCUT2D eigenvalue weighted by molar-refractivity contribution is 9.10. The number of nitrogens with one attached hydrogen (secondary N) is 1. The Bertz CT molecular complexity index is 643. The molecule has 0 bridgehead atoms. The Labute approximate surface area is 127 Å². The Balaban J connectivity index is 2.40. The van der Waals surface area contributed by atoms with E-state index in [1.165, 1.54) is 11.3 Å². The molecule has 5 nitrogen and oxygen atoms in total. The first kappa shape index (κ1) is 14.5. The van der Waals surface area contributed by atoms with Crippen LogP contribution in [0.1, 0.15) is 21.3 Å². The van der Waals surface area contributed by atoms with Gasteiger partial charge in [0.15, 0.2) is 6.04 Å². The summed E-state index contributed by atoms with van der Waals surface area (Å²) >= 11 is 4.56. The standard InChI is InChI=1S/C13H11BrN2O3S/c14-7-3-1-4-8(10(7)12(15)17)16-11(13(18)19)9-5-2-6-20-9/h1-6,11,16H,(H2,15,17)(H,18,19). The number of rotatable bonds is 5. The Kier molecular flexibility index (Phi) is 4.41. The van der Waals surface area contributed by atoms with Crippen LogP contribution in [0.5, 0.6) is 0 Å². The Morgan fingerprint density at radius 1 is 1.30 bits per heavy atom. The van der Waals surface area contributed by atoms with Gasteiger partial charge in [0.2, 0.25) is 0 Å². The maximum absolute atomic E-state index is 11.5. The number of aliphatic carboxylic acids is 1. The molecule has 2 aromatic rings. The van der Waals surface area contributed by atoms with E-state index < -0.39 is 17.9 Å². The van der Waals surface area contributed by atoms with Gasteiger partial charge in [-0.15, -0.1) is 11.3 Å². The minimum atomic E-state index is -1.03. The number of nitrogens with two attached hydrogens (primary N) is 1. The first-order valence-corrected chi connectivity index (χ1v) is 7.29. The zero-order valence-electron chi connectivity index (χ0n) is 10.2. The average Bonchev–Trinajstić information content (AvgIpc) is 2.88. The number of carboxylic acid groups (broad SMARTS) is 1. The number of carboxylic acids is 1. The first-order chi connectivity index (χ1) is 9.50. The zero-order valence-corrected chi connectivity index (χ0v) is 12.6. The number of thiophene rings is 1. The average molecular weight is 355 g/mol. The summed E-state index contributed by atoms with van der Waals surface area (Å²) in [5, 5.41) is 14.0. The first-order valence-electron chi connectivity index (χ1n) is 5.61. The lowest BCUT2D eigenvalue weighted by Crippen LogP contribution is -2.22. The number of carbonyl (C=O) groups excluding carboxylic acids is 1. The van der Waals surface area contributed by atoms with E-state index in [9.17, 15) is 14.7 Å². The van der Waals surface area contributed by atoms with Crippen molar-refractivity contribution in [3.8, 4) is 0 Å². The summed E-state index contributed by atoms with van der Waals surface area (Å²) in [5.41, 5.74) is 5.95. The van der Waals surface area contributed by atoms with Crippen molar-refractivity contribution in [3.63, 3.8) is 0 Å². The molecule has 2 rings (SSSR count). The van der Waals surface area contributed by atoms with E-state index in [-0.39, 0.29) is 5.56 Å². The van der Waals surface area contributed by atoms with Gasteiger partial charge in [0.1, 0.15) is 0 Å². The van der Waals surface area contributed by atoms with Crippen molar-refractivity contribution in [2.24, 2.45) is 5.73 Å². The third kappa shape index (κ3) is 3.00. The maximum atomic E-state index is 11.5. The van der Waals surface area contributed by atoms with Gasteiger partial charge in [-0.3, -0.25) is 4.79 Å². The molecule has 4 N–H and O–H groups in total. The monoisotopic (exact) mass is 354 g/mol. The van der Waals surface area contributed by atoms with E-state index in [1.807, 2.05) is 0 Å². The molecule has 0 radical (unpaired) electrons. The predicted molar refractivity (Wildman–Crippen MR) is 81.0 cm³/mol. The number of anilines is 1. The molecule has 0 saturated heterocycles. The molecule has 20 heavy (non-hydrogen) atoms. The fourth-order valence-corrected chi connectivity index (χ4v) is 3.09. The Morgan fingerprint density at radius 2 is 2.05 bits per heavy atom. The lowest BCUT2D eigenvalue weighted by Gasteiger charge is -2.17. The maximum Gasteiger partial charge on any atom is 0.331 e. The van der Waals surface area contributed by atoms with Crippen molar-refractivity contribution in [1.82, 2.24) is 0 Å². The Morgan fingerprint density at radius 3 is 2.60 bits per heavy atom. The number of hydrogen-bond donors (Lipinski definition) is 3. The van der Waals surface area contributed by atoms with Gasteiger partial charge >= 0.3 is 5.97 Å². The number of halogens is 1. The number of primary amides is 1. The second-order valence-corrected chi connectivity index (χ2v) is 5.79. The van der Waals surface area contributed by atoms with Crippen molar-refractivity contribution in [2.75, 3.05) is 5.32 Å². The van der Waals surface area contributed by atoms with Crippen LogP contribution < -0.4 is 11.1 Å². The van der Waals surface area contributed by atoms with Crippen LogP contribution in [-0.4, -0.2) is 17.0 Å². The molecule has 1 amide bonds. The summed E-state index contributed by atoms with van der Waals surface area (Å²) in [6.45, 7) is 0. The third-order valence-corrected chi connectivity index (χ3v) is 4.23. The summed E-state index contributed by atoms with van der Waals surface area (Å²) in [6.07, 6.45) is 0. The lowest BCUT2D eigenvalue weighted by molar-refractivity contribution is -0.138. The summed E-state index contributed by atoms with van der Waals surface area (Å²) in [5.74, 6) is -1.65. The highest BCUT2D eigenvalue weighted by Crippen LogP contribution is 2.29. The van der Waals surface area contributed by atoms with Crippen LogP contribution in [0.15, 0.2) is 40.2 Å². The molecule has 1 aromatic heterocycles. The second-order valence-electron chi connectivity index (χ2n) is 3.96. The number of hydrogen-bond acceptors (Lipinski definition) is 4. The molecule has 7 heteroatoms. The van der Waals surface area contributed by atoms with Crippen molar-refractivity contribution in [1.29, 1.82) is 0 Å². The molecule has 1 aromatic carbocycles. The molecule has 0 aliphatic heterocycles. The van der Waals surface area contributed by atoms with Crippen LogP contribution in [0.4, 0.5) is 5.69 Å². The summed E-state index contributed by atoms with van der Waals surface area (Å²) in [4.78, 5) is 23.5. The third-order valence-electron chi connectivity index (χ3n) is 2.63. The van der Waals surface area contributed by atoms with Crippen molar-refractivity contribution < 1.29 is 14.7 Å². The second kappa shape index (κ2) is 6.06. The van der Waals surface area contributed by atoms with E-state index in [0.717, 1.165) is 0 Å². The lowest BCUT2D eigenvalue weighted by atomic mass is 10.1. The van der Waals surface area contributed by atoms with E-state index in [1.54, 1.807) is 35.7 Å². The van der Waals surface area contributed by atoms with Gasteiger partial charge < -0.3 is 16.2 Å². The molecule has 104 valence electrons. The van der Waals surface area contributed by atoms with E-state index in [4.69, 9.17) is 5.73 Å². The van der Waals surface area contributed by atoms with E-state index in [2.05, 4.69) is 21.2 Å². The van der Waals surface area contributed by atoms with Crippen LogP contribution in [0.3, 0.4) is 0 Å². The molecule has 1 heterocycles. The van der Waals surface area contributed by atoms with Gasteiger partial charge in [0.25, 0.3) is 5.91 Å². The largest absolute Gasteiger partial charge is 0.479 e. The van der Waals surface area contributed by atoms with Gasteiger partial charge in [0.05, 0.1) is 5.56 Å². The number of benzene rings is 1. The topological polar surface area (TPSA) is 92.4 Å². The van der Waals surface area contributed by atoms with Gasteiger partial charge in [-0.2, -0.15) is 0 Å². The van der Waals surface area contributed by atoms with Crippen LogP contribution in [-0.2, 0) is 4.79 Å². The number of carbonyl (C=O) groups is 2. The molecule has 0 saturated carbocycles. The van der Waals surface area contributed by atoms with Crippen LogP contribution in [0, 0.1) is 0 Å². The quantitative estimate of drug-likeness (QED) is 0.769. The smallest absolute Gasteiger partial charge is 0.331 e. The van der Waals surface area contributed by atoms with Gasteiger partial charge in [-0.05, 0) is 39.5 Å². The number of amides is 1. The molecule has 0 aliphatic rings. The highest BCUT2D eigenvalue weighted by atomic mass is 79.9. The van der Waals surface area contributed by atoms with Crippen molar-refractivity contribution >= 4 is 44.8 Å². The Hall–Kier alpha value is -1.86. The summed E-state index contributed by atoms with van der Waals surface area (Å²) in [7, 11) is 0. The molecule has 0 spiro atoms. The SMILES string of the molecule is NC(=O)c1c(Br)cccc1NC(C(=O)O)c1cccs1. The van der Waals surface area contributed by atoms with Crippen LogP contribution in [0.25, 0.3) is 0 Å². The fraction of sp³-hybridized carbons (Fsp3) is 0.0769. The zero-order chi connectivity index (χ0) is 14.7. The molecule has 1 atom stereocenters. The van der Waals surface area contributed by atoms with Gasteiger partial charge in [-0.25, -0.2) is 4.79 Å². The van der Waals surface area contributed by atoms with Crippen molar-refractivity contribution in [3.05, 3.63) is 50.6 Å². The minimum Gasteiger partial charge on any atom is -0.479 e. The van der Waals surface area contributed by atoms with Gasteiger partial charge in [-0.1, -0.05) is 12.1 Å². The molecular weight excluding hydrogens is 344 g/mol. The van der Waals surface area contributed by atoms with E-state index in [0.29, 0.717) is 15.0 Å². The van der Waals surface area contributed by atoms with E-state index >= 15 is 0 Å². The minimum absolute atomic E-state index is 0.232. The molecule has 0 aliphatic carbocycles. The van der Waals surface area contributed by atoms with Crippen molar-refractivity contribution in [2.45, 2.75) is 6.04 Å². The normalized spacial score (nSPS) is 11.8. The van der Waals surface area contributed by atoms with Crippen LogP contribution in [0.2, 0.25) is 0 Å². The highest BCUT2D eigenvalue weighted by Gasteiger charge is 2.23.